The van der Waals surface area contributed by atoms with Crippen molar-refractivity contribution in [1.29, 1.82) is 0 Å². The fourth-order valence-corrected chi connectivity index (χ4v) is 2.67. The van der Waals surface area contributed by atoms with Crippen LogP contribution in [0.5, 0.6) is 11.5 Å². The van der Waals surface area contributed by atoms with E-state index in [1.54, 1.807) is 7.11 Å². The number of hydrogen-bond acceptors (Lipinski definition) is 3. The highest BCUT2D eigenvalue weighted by Gasteiger charge is 2.16. The van der Waals surface area contributed by atoms with Crippen LogP contribution in [0.2, 0.25) is 0 Å². The summed E-state index contributed by atoms with van der Waals surface area (Å²) in [4.78, 5) is 3.21. The molecule has 0 bridgehead atoms. The molecule has 104 valence electrons. The second-order valence-corrected chi connectivity index (χ2v) is 5.04. The van der Waals surface area contributed by atoms with Crippen LogP contribution in [0.25, 0.3) is 0 Å². The second kappa shape index (κ2) is 6.75. The van der Waals surface area contributed by atoms with E-state index in [-0.39, 0.29) is 0 Å². The van der Waals surface area contributed by atoms with Crippen LogP contribution >= 0.6 is 12.2 Å². The van der Waals surface area contributed by atoms with Crippen LogP contribution in [-0.2, 0) is 0 Å². The standard InChI is InChI=1S/C15H21NO2S/c1-3-18-14-11-12(7-8-13(14)17-2)15(19)16-9-5-4-6-10-16/h7-8,11H,3-6,9-10H2,1-2H3. The molecule has 1 aromatic carbocycles. The first-order valence-corrected chi connectivity index (χ1v) is 7.27. The van der Waals surface area contributed by atoms with E-state index in [0.717, 1.165) is 35.1 Å². The topological polar surface area (TPSA) is 21.7 Å². The third-order valence-corrected chi connectivity index (χ3v) is 3.85. The van der Waals surface area contributed by atoms with Gasteiger partial charge in [0.2, 0.25) is 0 Å². The Morgan fingerprint density at radius 3 is 2.58 bits per heavy atom. The molecule has 0 radical (unpaired) electrons. The fourth-order valence-electron chi connectivity index (χ4n) is 2.36. The fraction of sp³-hybridized carbons (Fsp3) is 0.533. The highest BCUT2D eigenvalue weighted by atomic mass is 32.1. The van der Waals surface area contributed by atoms with E-state index in [9.17, 15) is 0 Å². The molecule has 0 spiro atoms. The number of nitrogens with zero attached hydrogens (tertiary/aromatic N) is 1. The summed E-state index contributed by atoms with van der Waals surface area (Å²) >= 11 is 5.59. The Balaban J connectivity index is 2.19. The largest absolute Gasteiger partial charge is 0.493 e. The van der Waals surface area contributed by atoms with Crippen LogP contribution in [0, 0.1) is 0 Å². The van der Waals surface area contributed by atoms with Gasteiger partial charge in [0.1, 0.15) is 4.99 Å². The summed E-state index contributed by atoms with van der Waals surface area (Å²) < 4.78 is 10.9. The molecule has 1 fully saturated rings. The number of rotatable bonds is 4. The monoisotopic (exact) mass is 279 g/mol. The van der Waals surface area contributed by atoms with Crippen LogP contribution in [0.3, 0.4) is 0 Å². The van der Waals surface area contributed by atoms with Crippen molar-refractivity contribution in [3.05, 3.63) is 23.8 Å². The maximum absolute atomic E-state index is 5.60. The Kier molecular flexibility index (Phi) is 5.02. The summed E-state index contributed by atoms with van der Waals surface area (Å²) in [5, 5.41) is 0. The molecule has 1 aromatic rings. The van der Waals surface area contributed by atoms with Crippen molar-refractivity contribution >= 4 is 17.2 Å². The number of piperidine rings is 1. The predicted molar refractivity (Wildman–Crippen MR) is 81.3 cm³/mol. The minimum absolute atomic E-state index is 0.621. The summed E-state index contributed by atoms with van der Waals surface area (Å²) in [7, 11) is 1.65. The summed E-state index contributed by atoms with van der Waals surface area (Å²) in [6, 6.07) is 5.92. The van der Waals surface area contributed by atoms with Crippen molar-refractivity contribution in [3.8, 4) is 11.5 Å². The van der Waals surface area contributed by atoms with Crippen LogP contribution in [0.1, 0.15) is 31.7 Å². The van der Waals surface area contributed by atoms with Gasteiger partial charge >= 0.3 is 0 Å². The molecule has 0 aromatic heterocycles. The Labute approximate surface area is 120 Å². The molecule has 1 saturated heterocycles. The quantitative estimate of drug-likeness (QED) is 0.789. The minimum Gasteiger partial charge on any atom is -0.493 e. The van der Waals surface area contributed by atoms with Gasteiger partial charge in [0.15, 0.2) is 11.5 Å². The highest BCUT2D eigenvalue weighted by Crippen LogP contribution is 2.29. The molecule has 19 heavy (non-hydrogen) atoms. The molecule has 1 aliphatic heterocycles. The van der Waals surface area contributed by atoms with Gasteiger partial charge in [0, 0.05) is 18.7 Å². The van der Waals surface area contributed by atoms with Crippen LogP contribution in [-0.4, -0.2) is 36.7 Å². The van der Waals surface area contributed by atoms with E-state index in [2.05, 4.69) is 4.90 Å². The summed E-state index contributed by atoms with van der Waals surface area (Å²) in [6.45, 7) is 4.72. The van der Waals surface area contributed by atoms with E-state index in [0.29, 0.717) is 6.61 Å². The van der Waals surface area contributed by atoms with E-state index in [4.69, 9.17) is 21.7 Å². The Hall–Kier alpha value is -1.29. The number of ether oxygens (including phenoxy) is 2. The number of methoxy groups -OCH3 is 1. The minimum atomic E-state index is 0.621. The van der Waals surface area contributed by atoms with Gasteiger partial charge in [0.05, 0.1) is 13.7 Å². The van der Waals surface area contributed by atoms with Gasteiger partial charge in [-0.25, -0.2) is 0 Å². The average Bonchev–Trinajstić information content (AvgIpc) is 2.47. The molecule has 0 N–H and O–H groups in total. The molecule has 1 heterocycles. The number of hydrogen-bond donors (Lipinski definition) is 0. The van der Waals surface area contributed by atoms with Gasteiger partial charge in [0.25, 0.3) is 0 Å². The lowest BCUT2D eigenvalue weighted by Gasteiger charge is -2.29. The lowest BCUT2D eigenvalue weighted by atomic mass is 10.1. The van der Waals surface area contributed by atoms with Crippen molar-refractivity contribution in [1.82, 2.24) is 4.90 Å². The lowest BCUT2D eigenvalue weighted by Crippen LogP contribution is -2.34. The molecule has 1 aliphatic rings. The zero-order valence-electron chi connectivity index (χ0n) is 11.6. The molecule has 0 atom stereocenters. The maximum atomic E-state index is 5.60. The van der Waals surface area contributed by atoms with Gasteiger partial charge in [-0.05, 0) is 44.4 Å². The summed E-state index contributed by atoms with van der Waals surface area (Å²) in [5.74, 6) is 1.52. The van der Waals surface area contributed by atoms with Crippen molar-refractivity contribution in [2.45, 2.75) is 26.2 Å². The maximum Gasteiger partial charge on any atom is 0.161 e. The van der Waals surface area contributed by atoms with E-state index < -0.39 is 0 Å². The van der Waals surface area contributed by atoms with E-state index in [1.807, 2.05) is 25.1 Å². The van der Waals surface area contributed by atoms with Crippen LogP contribution in [0.4, 0.5) is 0 Å². The van der Waals surface area contributed by atoms with E-state index >= 15 is 0 Å². The molecule has 2 rings (SSSR count). The molecule has 0 unspecified atom stereocenters. The number of likely N-dealkylation sites (tertiary alicyclic amines) is 1. The van der Waals surface area contributed by atoms with Crippen molar-refractivity contribution < 1.29 is 9.47 Å². The van der Waals surface area contributed by atoms with Gasteiger partial charge in [-0.1, -0.05) is 12.2 Å². The molecule has 0 amide bonds. The molecular weight excluding hydrogens is 258 g/mol. The van der Waals surface area contributed by atoms with Crippen molar-refractivity contribution in [2.75, 3.05) is 26.8 Å². The summed E-state index contributed by atoms with van der Waals surface area (Å²) in [5.41, 5.74) is 1.04. The Morgan fingerprint density at radius 2 is 1.95 bits per heavy atom. The van der Waals surface area contributed by atoms with Gasteiger partial charge < -0.3 is 14.4 Å². The van der Waals surface area contributed by atoms with Gasteiger partial charge in [-0.2, -0.15) is 0 Å². The third kappa shape index (κ3) is 3.38. The molecule has 3 nitrogen and oxygen atoms in total. The van der Waals surface area contributed by atoms with Crippen LogP contribution in [0.15, 0.2) is 18.2 Å². The predicted octanol–water partition coefficient (Wildman–Crippen LogP) is 3.26. The zero-order valence-corrected chi connectivity index (χ0v) is 12.5. The van der Waals surface area contributed by atoms with Crippen molar-refractivity contribution in [3.63, 3.8) is 0 Å². The first-order chi connectivity index (χ1) is 9.26. The normalized spacial score (nSPS) is 15.2. The SMILES string of the molecule is CCOc1cc(C(=S)N2CCCCC2)ccc1OC. The highest BCUT2D eigenvalue weighted by molar-refractivity contribution is 7.80. The smallest absolute Gasteiger partial charge is 0.161 e. The van der Waals surface area contributed by atoms with Crippen LogP contribution < -0.4 is 9.47 Å². The first kappa shape index (κ1) is 14.1. The lowest BCUT2D eigenvalue weighted by molar-refractivity contribution is 0.310. The molecule has 0 saturated carbocycles. The summed E-state index contributed by atoms with van der Waals surface area (Å²) in [6.07, 6.45) is 3.77. The molecule has 4 heteroatoms. The van der Waals surface area contributed by atoms with E-state index in [1.165, 1.54) is 19.3 Å². The molecule has 0 aliphatic carbocycles. The third-order valence-electron chi connectivity index (χ3n) is 3.35. The van der Waals surface area contributed by atoms with Gasteiger partial charge in [-0.3, -0.25) is 0 Å². The van der Waals surface area contributed by atoms with Gasteiger partial charge in [-0.15, -0.1) is 0 Å². The van der Waals surface area contributed by atoms with Crippen molar-refractivity contribution in [2.24, 2.45) is 0 Å². The first-order valence-electron chi connectivity index (χ1n) is 6.86. The second-order valence-electron chi connectivity index (χ2n) is 4.65. The number of thiocarbonyl (C=S) groups is 1. The Morgan fingerprint density at radius 1 is 1.21 bits per heavy atom. The zero-order chi connectivity index (χ0) is 13.7. The molecular formula is C15H21NO2S. The Bertz CT molecular complexity index is 442. The average molecular weight is 279 g/mol. The number of benzene rings is 1.